The minimum Gasteiger partial charge on any atom is -0.345 e. The van der Waals surface area contributed by atoms with Crippen LogP contribution in [-0.2, 0) is 0 Å². The quantitative estimate of drug-likeness (QED) is 0.911. The van der Waals surface area contributed by atoms with Crippen molar-refractivity contribution in [2.45, 2.75) is 17.4 Å². The molecule has 1 amide bonds. The Labute approximate surface area is 125 Å². The Bertz CT molecular complexity index is 690. The number of hydrogen-bond acceptors (Lipinski definition) is 2. The average Bonchev–Trinajstić information content (AvgIpc) is 2.49. The fourth-order valence-corrected chi connectivity index (χ4v) is 3.56. The summed E-state index contributed by atoms with van der Waals surface area (Å²) < 4.78 is 27.4. The van der Waals surface area contributed by atoms with Gasteiger partial charge < -0.3 is 5.32 Å². The summed E-state index contributed by atoms with van der Waals surface area (Å²) in [5.74, 6) is -0.585. The summed E-state index contributed by atoms with van der Waals surface area (Å²) in [6.45, 7) is 0. The number of hydrogen-bond donors (Lipinski definition) is 1. The third kappa shape index (κ3) is 2.78. The fraction of sp³-hybridized carbons (Fsp3) is 0.188. The molecule has 1 heterocycles. The topological polar surface area (TPSA) is 29.1 Å². The molecule has 1 aliphatic rings. The van der Waals surface area contributed by atoms with Crippen LogP contribution in [0.15, 0.2) is 47.4 Å². The van der Waals surface area contributed by atoms with Gasteiger partial charge >= 0.3 is 0 Å². The van der Waals surface area contributed by atoms with Gasteiger partial charge in [0, 0.05) is 10.6 Å². The molecule has 0 spiro atoms. The van der Waals surface area contributed by atoms with Gasteiger partial charge in [0.2, 0.25) is 0 Å². The fourth-order valence-electron chi connectivity index (χ4n) is 2.42. The number of halogens is 2. The standard InChI is InChI=1S/C16H13F2NOS/c17-12-6-2-1-4-10(12)16(20)19-14-8-9-21-15-11(14)5-3-7-13(15)18/h1-7,14H,8-9H2,(H,19,20). The maximum Gasteiger partial charge on any atom is 0.254 e. The molecule has 2 aromatic carbocycles. The molecule has 21 heavy (non-hydrogen) atoms. The van der Waals surface area contributed by atoms with Crippen LogP contribution >= 0.6 is 11.8 Å². The molecule has 108 valence electrons. The molecular formula is C16H13F2NOS. The highest BCUT2D eigenvalue weighted by molar-refractivity contribution is 7.99. The van der Waals surface area contributed by atoms with E-state index in [2.05, 4.69) is 5.32 Å². The van der Waals surface area contributed by atoms with Crippen LogP contribution in [0.25, 0.3) is 0 Å². The zero-order chi connectivity index (χ0) is 14.8. The molecule has 0 aromatic heterocycles. The van der Waals surface area contributed by atoms with E-state index in [1.807, 2.05) is 0 Å². The van der Waals surface area contributed by atoms with Crippen molar-refractivity contribution in [3.63, 3.8) is 0 Å². The first-order chi connectivity index (χ1) is 10.2. The SMILES string of the molecule is O=C(NC1CCSc2c(F)cccc21)c1ccccc1F. The van der Waals surface area contributed by atoms with Crippen molar-refractivity contribution in [3.05, 3.63) is 65.2 Å². The molecule has 0 saturated carbocycles. The van der Waals surface area contributed by atoms with Crippen molar-refractivity contribution in [1.82, 2.24) is 5.32 Å². The number of rotatable bonds is 2. The summed E-state index contributed by atoms with van der Waals surface area (Å²) in [4.78, 5) is 12.7. The summed E-state index contributed by atoms with van der Waals surface area (Å²) in [5.41, 5.74) is 0.768. The zero-order valence-corrected chi connectivity index (χ0v) is 11.9. The van der Waals surface area contributed by atoms with Crippen molar-refractivity contribution in [1.29, 1.82) is 0 Å². The van der Waals surface area contributed by atoms with Gasteiger partial charge in [0.25, 0.3) is 5.91 Å². The number of carbonyl (C=O) groups excluding carboxylic acids is 1. The van der Waals surface area contributed by atoms with Crippen molar-refractivity contribution in [3.8, 4) is 0 Å². The predicted molar refractivity (Wildman–Crippen MR) is 78.3 cm³/mol. The molecule has 1 unspecified atom stereocenters. The first-order valence-corrected chi connectivity index (χ1v) is 7.62. The third-order valence-electron chi connectivity index (χ3n) is 3.45. The summed E-state index contributed by atoms with van der Waals surface area (Å²) in [5, 5.41) is 2.80. The Morgan fingerprint density at radius 1 is 1.10 bits per heavy atom. The van der Waals surface area contributed by atoms with E-state index in [9.17, 15) is 13.6 Å². The summed E-state index contributed by atoms with van der Waals surface area (Å²) in [6, 6.07) is 10.4. The first kappa shape index (κ1) is 14.1. The minimum absolute atomic E-state index is 0.00804. The number of benzene rings is 2. The molecule has 2 nitrogen and oxygen atoms in total. The van der Waals surface area contributed by atoms with Crippen molar-refractivity contribution < 1.29 is 13.6 Å². The van der Waals surface area contributed by atoms with Crippen LogP contribution in [0.2, 0.25) is 0 Å². The van der Waals surface area contributed by atoms with E-state index in [0.717, 1.165) is 11.3 Å². The normalized spacial score (nSPS) is 17.1. The second kappa shape index (κ2) is 5.85. The Morgan fingerprint density at radius 2 is 1.86 bits per heavy atom. The maximum absolute atomic E-state index is 13.8. The average molecular weight is 305 g/mol. The number of thioether (sulfide) groups is 1. The van der Waals surface area contributed by atoms with Crippen LogP contribution in [0.4, 0.5) is 8.78 Å². The monoisotopic (exact) mass is 305 g/mol. The van der Waals surface area contributed by atoms with Crippen molar-refractivity contribution in [2.24, 2.45) is 0 Å². The van der Waals surface area contributed by atoms with Gasteiger partial charge in [0.1, 0.15) is 11.6 Å². The second-order valence-electron chi connectivity index (χ2n) is 4.80. The summed E-state index contributed by atoms with van der Waals surface area (Å²) in [7, 11) is 0. The molecule has 1 aliphatic heterocycles. The van der Waals surface area contributed by atoms with Gasteiger partial charge in [-0.05, 0) is 30.2 Å². The molecule has 1 atom stereocenters. The maximum atomic E-state index is 13.8. The highest BCUT2D eigenvalue weighted by Gasteiger charge is 2.25. The Kier molecular flexibility index (Phi) is 3.92. The summed E-state index contributed by atoms with van der Waals surface area (Å²) >= 11 is 1.44. The lowest BCUT2D eigenvalue weighted by molar-refractivity contribution is 0.0930. The van der Waals surface area contributed by atoms with Gasteiger partial charge in [-0.3, -0.25) is 4.79 Å². The molecule has 5 heteroatoms. The van der Waals surface area contributed by atoms with Crippen molar-refractivity contribution >= 4 is 17.7 Å². The van der Waals surface area contributed by atoms with Crippen molar-refractivity contribution in [2.75, 3.05) is 5.75 Å². The third-order valence-corrected chi connectivity index (χ3v) is 4.61. The van der Waals surface area contributed by atoms with E-state index in [-0.39, 0.29) is 17.4 Å². The van der Waals surface area contributed by atoms with Gasteiger partial charge in [0.15, 0.2) is 0 Å². The lowest BCUT2D eigenvalue weighted by Gasteiger charge is -2.26. The Balaban J connectivity index is 1.86. The number of carbonyl (C=O) groups is 1. The number of nitrogens with one attached hydrogen (secondary N) is 1. The highest BCUT2D eigenvalue weighted by Crippen LogP contribution is 2.37. The van der Waals surface area contributed by atoms with Crippen LogP contribution in [-0.4, -0.2) is 11.7 Å². The van der Waals surface area contributed by atoms with Crippen LogP contribution in [0, 0.1) is 11.6 Å². The van der Waals surface area contributed by atoms with Gasteiger partial charge in [0.05, 0.1) is 11.6 Å². The zero-order valence-electron chi connectivity index (χ0n) is 11.1. The first-order valence-electron chi connectivity index (χ1n) is 6.63. The van der Waals surface area contributed by atoms with E-state index in [1.165, 1.54) is 36.0 Å². The highest BCUT2D eigenvalue weighted by atomic mass is 32.2. The number of fused-ring (bicyclic) bond motifs is 1. The van der Waals surface area contributed by atoms with Crippen LogP contribution in [0.5, 0.6) is 0 Å². The molecule has 1 N–H and O–H groups in total. The summed E-state index contributed by atoms with van der Waals surface area (Å²) in [6.07, 6.45) is 0.696. The number of amides is 1. The van der Waals surface area contributed by atoms with Gasteiger partial charge in [-0.15, -0.1) is 11.8 Å². The molecule has 0 aliphatic carbocycles. The second-order valence-corrected chi connectivity index (χ2v) is 5.91. The Hall–Kier alpha value is -1.88. The lowest BCUT2D eigenvalue weighted by atomic mass is 10.0. The lowest BCUT2D eigenvalue weighted by Crippen LogP contribution is -2.31. The van der Waals surface area contributed by atoms with Gasteiger partial charge in [-0.2, -0.15) is 0 Å². The molecular weight excluding hydrogens is 292 g/mol. The largest absolute Gasteiger partial charge is 0.345 e. The van der Waals surface area contributed by atoms with E-state index >= 15 is 0 Å². The van der Waals surface area contributed by atoms with E-state index in [1.54, 1.807) is 18.2 Å². The predicted octanol–water partition coefficient (Wildman–Crippen LogP) is 3.93. The van der Waals surface area contributed by atoms with E-state index < -0.39 is 11.7 Å². The molecule has 2 aromatic rings. The minimum atomic E-state index is -0.556. The molecule has 3 rings (SSSR count). The Morgan fingerprint density at radius 3 is 2.67 bits per heavy atom. The van der Waals surface area contributed by atoms with E-state index in [4.69, 9.17) is 0 Å². The molecule has 0 bridgehead atoms. The van der Waals surface area contributed by atoms with Crippen LogP contribution in [0.1, 0.15) is 28.4 Å². The smallest absolute Gasteiger partial charge is 0.254 e. The molecule has 0 fully saturated rings. The molecule has 0 saturated heterocycles. The van der Waals surface area contributed by atoms with Crippen LogP contribution < -0.4 is 5.32 Å². The van der Waals surface area contributed by atoms with Gasteiger partial charge in [-0.25, -0.2) is 8.78 Å². The van der Waals surface area contributed by atoms with Crippen LogP contribution in [0.3, 0.4) is 0 Å². The van der Waals surface area contributed by atoms with E-state index in [0.29, 0.717) is 11.3 Å². The molecule has 0 radical (unpaired) electrons. The van der Waals surface area contributed by atoms with Gasteiger partial charge in [-0.1, -0.05) is 24.3 Å².